The number of nitrogens with two attached hydrogens (primary N) is 1. The van der Waals surface area contributed by atoms with Crippen molar-refractivity contribution in [1.29, 1.82) is 0 Å². The number of aryl methyl sites for hydroxylation is 1. The molecule has 0 unspecified atom stereocenters. The van der Waals surface area contributed by atoms with Crippen LogP contribution in [0, 0.1) is 6.92 Å². The number of amides is 1. The van der Waals surface area contributed by atoms with Gasteiger partial charge in [-0.1, -0.05) is 0 Å². The molecule has 1 aromatic rings. The number of carbonyl (C=O) groups is 1. The Morgan fingerprint density at radius 2 is 1.95 bits per heavy atom. The lowest BCUT2D eigenvalue weighted by Crippen LogP contribution is -2.27. The first-order chi connectivity index (χ1) is 9.20. The maximum Gasteiger partial charge on any atom is 0.251 e. The van der Waals surface area contributed by atoms with Crippen LogP contribution >= 0.6 is 0 Å². The van der Waals surface area contributed by atoms with Crippen LogP contribution in [0.2, 0.25) is 0 Å². The summed E-state index contributed by atoms with van der Waals surface area (Å²) in [5, 5.41) is 7.84. The predicted molar refractivity (Wildman–Crippen MR) is 78.1 cm³/mol. The fourth-order valence-electron chi connectivity index (χ4n) is 1.74. The summed E-state index contributed by atoms with van der Waals surface area (Å²) in [6.45, 7) is 3.13. The lowest BCUT2D eigenvalue weighted by atomic mass is 10.1. The molecule has 0 atom stereocenters. The molecule has 7 heteroatoms. The third-order valence-corrected chi connectivity index (χ3v) is 3.60. The number of sulfonamides is 1. The lowest BCUT2D eigenvalue weighted by molar-refractivity contribution is 0.0952. The van der Waals surface area contributed by atoms with Crippen LogP contribution in [0.25, 0.3) is 0 Å². The van der Waals surface area contributed by atoms with E-state index in [9.17, 15) is 13.2 Å². The zero-order chi connectivity index (χ0) is 15.3. The smallest absolute Gasteiger partial charge is 0.251 e. The van der Waals surface area contributed by atoms with Gasteiger partial charge in [-0.25, -0.2) is 13.6 Å². The Balaban J connectivity index is 2.76. The number of nitrogens with one attached hydrogen (secondary N) is 1. The van der Waals surface area contributed by atoms with E-state index in [2.05, 4.69) is 5.32 Å². The Labute approximate surface area is 120 Å². The van der Waals surface area contributed by atoms with Crippen molar-refractivity contribution in [2.75, 3.05) is 27.2 Å². The van der Waals surface area contributed by atoms with Crippen molar-refractivity contribution in [3.8, 4) is 0 Å². The summed E-state index contributed by atoms with van der Waals surface area (Å²) in [7, 11) is 0.114. The number of primary sulfonamides is 1. The molecular weight excluding hydrogens is 278 g/mol. The molecule has 1 aromatic carbocycles. The Morgan fingerprint density at radius 3 is 2.50 bits per heavy atom. The van der Waals surface area contributed by atoms with Crippen molar-refractivity contribution >= 4 is 15.9 Å². The van der Waals surface area contributed by atoms with Crippen LogP contribution < -0.4 is 10.5 Å². The zero-order valence-corrected chi connectivity index (χ0v) is 12.8. The van der Waals surface area contributed by atoms with E-state index in [4.69, 9.17) is 5.14 Å². The van der Waals surface area contributed by atoms with Gasteiger partial charge in [0.25, 0.3) is 5.91 Å². The first-order valence-electron chi connectivity index (χ1n) is 6.27. The van der Waals surface area contributed by atoms with E-state index in [1.165, 1.54) is 12.1 Å². The summed E-state index contributed by atoms with van der Waals surface area (Å²) in [6, 6.07) is 4.37. The summed E-state index contributed by atoms with van der Waals surface area (Å²) in [6.07, 6.45) is 0.826. The summed E-state index contributed by atoms with van der Waals surface area (Å²) < 4.78 is 22.7. The van der Waals surface area contributed by atoms with Gasteiger partial charge in [0.05, 0.1) is 4.90 Å². The lowest BCUT2D eigenvalue weighted by Gasteiger charge is -2.10. The van der Waals surface area contributed by atoms with Crippen molar-refractivity contribution in [2.45, 2.75) is 18.2 Å². The largest absolute Gasteiger partial charge is 0.352 e. The van der Waals surface area contributed by atoms with Gasteiger partial charge in [-0.2, -0.15) is 0 Å². The molecule has 3 N–H and O–H groups in total. The maximum atomic E-state index is 12.0. The van der Waals surface area contributed by atoms with Crippen LogP contribution in [-0.4, -0.2) is 46.4 Å². The van der Waals surface area contributed by atoms with Crippen molar-refractivity contribution in [3.05, 3.63) is 29.3 Å². The van der Waals surface area contributed by atoms with Crippen LogP contribution in [0.5, 0.6) is 0 Å². The second-order valence-electron chi connectivity index (χ2n) is 4.99. The molecule has 0 aromatic heterocycles. The molecule has 0 saturated carbocycles. The van der Waals surface area contributed by atoms with Gasteiger partial charge in [-0.3, -0.25) is 4.79 Å². The monoisotopic (exact) mass is 299 g/mol. The van der Waals surface area contributed by atoms with Gasteiger partial charge in [-0.05, 0) is 57.7 Å². The third kappa shape index (κ3) is 5.28. The van der Waals surface area contributed by atoms with Crippen LogP contribution in [0.15, 0.2) is 23.1 Å². The highest BCUT2D eigenvalue weighted by atomic mass is 32.2. The van der Waals surface area contributed by atoms with Crippen molar-refractivity contribution < 1.29 is 13.2 Å². The molecule has 1 rings (SSSR count). The normalized spacial score (nSPS) is 11.7. The molecule has 0 radical (unpaired) electrons. The first kappa shape index (κ1) is 16.6. The van der Waals surface area contributed by atoms with E-state index < -0.39 is 10.0 Å². The molecule has 0 saturated heterocycles. The average Bonchev–Trinajstić information content (AvgIpc) is 2.32. The Kier molecular flexibility index (Phi) is 5.67. The highest BCUT2D eigenvalue weighted by Gasteiger charge is 2.13. The minimum Gasteiger partial charge on any atom is -0.352 e. The van der Waals surface area contributed by atoms with Crippen molar-refractivity contribution in [2.24, 2.45) is 5.14 Å². The molecule has 0 heterocycles. The molecule has 112 valence electrons. The molecule has 0 aliphatic rings. The number of hydrogen-bond donors (Lipinski definition) is 2. The van der Waals surface area contributed by atoms with Gasteiger partial charge in [-0.15, -0.1) is 0 Å². The first-order valence-corrected chi connectivity index (χ1v) is 7.82. The standard InChI is InChI=1S/C13H21N3O3S/c1-10-7-11(9-12(8-10)20(14,18)19)13(17)15-5-4-6-16(2)3/h7-9H,4-6H2,1-3H3,(H,15,17)(H2,14,18,19). The van der Waals surface area contributed by atoms with Crippen molar-refractivity contribution in [1.82, 2.24) is 10.2 Å². The van der Waals surface area contributed by atoms with Gasteiger partial charge in [0.2, 0.25) is 10.0 Å². The minimum absolute atomic E-state index is 0.0454. The SMILES string of the molecule is Cc1cc(C(=O)NCCCN(C)C)cc(S(N)(=O)=O)c1. The number of nitrogens with zero attached hydrogens (tertiary/aromatic N) is 1. The van der Waals surface area contributed by atoms with Gasteiger partial charge < -0.3 is 10.2 Å². The molecule has 0 bridgehead atoms. The topological polar surface area (TPSA) is 92.5 Å². The Bertz CT molecular complexity index is 583. The van der Waals surface area contributed by atoms with E-state index in [1.54, 1.807) is 13.0 Å². The molecule has 20 heavy (non-hydrogen) atoms. The van der Waals surface area contributed by atoms with E-state index in [1.807, 2.05) is 19.0 Å². The van der Waals surface area contributed by atoms with E-state index in [-0.39, 0.29) is 10.8 Å². The van der Waals surface area contributed by atoms with E-state index in [0.717, 1.165) is 13.0 Å². The predicted octanol–water partition coefficient (Wildman–Crippen LogP) is 0.324. The third-order valence-electron chi connectivity index (χ3n) is 2.71. The quantitative estimate of drug-likeness (QED) is 0.740. The number of carbonyl (C=O) groups excluding carboxylic acids is 1. The number of rotatable bonds is 6. The molecule has 1 amide bonds. The summed E-state index contributed by atoms with van der Waals surface area (Å²) >= 11 is 0. The minimum atomic E-state index is -3.80. The average molecular weight is 299 g/mol. The van der Waals surface area contributed by atoms with Crippen molar-refractivity contribution in [3.63, 3.8) is 0 Å². The molecule has 6 nitrogen and oxygen atoms in total. The van der Waals surface area contributed by atoms with Gasteiger partial charge >= 0.3 is 0 Å². The molecule has 0 aliphatic heterocycles. The van der Waals surface area contributed by atoms with E-state index >= 15 is 0 Å². The zero-order valence-electron chi connectivity index (χ0n) is 12.0. The summed E-state index contributed by atoms with van der Waals surface area (Å²) in [5.74, 6) is -0.294. The second kappa shape index (κ2) is 6.83. The fourth-order valence-corrected chi connectivity index (χ4v) is 2.38. The molecular formula is C13H21N3O3S. The molecule has 0 spiro atoms. The van der Waals surface area contributed by atoms with Crippen LogP contribution in [0.4, 0.5) is 0 Å². The van der Waals surface area contributed by atoms with Crippen LogP contribution in [0.1, 0.15) is 22.3 Å². The van der Waals surface area contributed by atoms with Crippen LogP contribution in [-0.2, 0) is 10.0 Å². The molecule has 0 fully saturated rings. The Hall–Kier alpha value is -1.44. The van der Waals surface area contributed by atoms with Gasteiger partial charge in [0.15, 0.2) is 0 Å². The number of hydrogen-bond acceptors (Lipinski definition) is 4. The highest BCUT2D eigenvalue weighted by molar-refractivity contribution is 7.89. The summed E-state index contributed by atoms with van der Waals surface area (Å²) in [5.41, 5.74) is 0.980. The second-order valence-corrected chi connectivity index (χ2v) is 6.55. The van der Waals surface area contributed by atoms with Crippen LogP contribution in [0.3, 0.4) is 0 Å². The van der Waals surface area contributed by atoms with Gasteiger partial charge in [0, 0.05) is 12.1 Å². The van der Waals surface area contributed by atoms with E-state index in [0.29, 0.717) is 17.7 Å². The Morgan fingerprint density at radius 1 is 1.30 bits per heavy atom. The highest BCUT2D eigenvalue weighted by Crippen LogP contribution is 2.13. The maximum absolute atomic E-state index is 12.0. The number of benzene rings is 1. The fraction of sp³-hybridized carbons (Fsp3) is 0.462. The van der Waals surface area contributed by atoms with Gasteiger partial charge in [0.1, 0.15) is 0 Å². The summed E-state index contributed by atoms with van der Waals surface area (Å²) in [4.78, 5) is 13.9. The molecule has 0 aliphatic carbocycles.